The van der Waals surface area contributed by atoms with Crippen LogP contribution in [0.25, 0.3) is 0 Å². The van der Waals surface area contributed by atoms with Gasteiger partial charge in [-0.15, -0.1) is 0 Å². The summed E-state index contributed by atoms with van der Waals surface area (Å²) in [6, 6.07) is 5.22. The van der Waals surface area contributed by atoms with E-state index in [0.29, 0.717) is 0 Å². The van der Waals surface area contributed by atoms with Gasteiger partial charge in [0.1, 0.15) is 5.57 Å². The van der Waals surface area contributed by atoms with E-state index in [1.165, 1.54) is 43.5 Å². The topological polar surface area (TPSA) is 78.5 Å². The predicted octanol–water partition coefficient (Wildman–Crippen LogP) is 3.50. The minimum Gasteiger partial charge on any atom is -0.358 e. The van der Waals surface area contributed by atoms with Gasteiger partial charge in [0, 0.05) is 19.3 Å². The lowest BCUT2D eigenvalue weighted by Crippen LogP contribution is -2.58. The molecule has 2 heterocycles. The number of benzene rings is 1. The molecule has 6 nitrogen and oxygen atoms in total. The van der Waals surface area contributed by atoms with Gasteiger partial charge in [-0.05, 0) is 60.5 Å². The zero-order valence-electron chi connectivity index (χ0n) is 17.6. The van der Waals surface area contributed by atoms with Crippen LogP contribution < -0.4 is 15.5 Å². The fourth-order valence-electron chi connectivity index (χ4n) is 3.59. The van der Waals surface area contributed by atoms with E-state index in [2.05, 4.69) is 10.6 Å². The molecule has 3 rings (SSSR count). The van der Waals surface area contributed by atoms with E-state index in [-0.39, 0.29) is 17.8 Å². The third kappa shape index (κ3) is 4.40. The summed E-state index contributed by atoms with van der Waals surface area (Å²) in [5.41, 5.74) is -1.81. The van der Waals surface area contributed by atoms with Crippen molar-refractivity contribution < 1.29 is 27.6 Å². The smallest absolute Gasteiger partial charge is 0.358 e. The number of alkyl halides is 3. The number of carbonyl (C=O) groups excluding carboxylic acids is 3. The van der Waals surface area contributed by atoms with Crippen LogP contribution >= 0.6 is 11.3 Å². The third-order valence-electron chi connectivity index (χ3n) is 5.59. The molecule has 0 radical (unpaired) electrons. The van der Waals surface area contributed by atoms with Gasteiger partial charge in [-0.25, -0.2) is 0 Å². The molecule has 0 saturated carbocycles. The number of nitrogens with one attached hydrogen (secondary N) is 2. The largest absolute Gasteiger partial charge is 0.416 e. The van der Waals surface area contributed by atoms with Crippen molar-refractivity contribution in [3.8, 4) is 0 Å². The van der Waals surface area contributed by atoms with Crippen LogP contribution in [0.2, 0.25) is 0 Å². The maximum Gasteiger partial charge on any atom is 0.416 e. The van der Waals surface area contributed by atoms with Gasteiger partial charge in [0.15, 0.2) is 0 Å². The number of hydrogen-bond donors (Lipinski definition) is 2. The second kappa shape index (κ2) is 8.78. The molecule has 1 aliphatic heterocycles. The first-order valence-electron chi connectivity index (χ1n) is 9.74. The fraction of sp³-hybridized carbons (Fsp3) is 0.318. The molecular weight excluding hydrogens is 443 g/mol. The molecule has 170 valence electrons. The molecule has 2 N–H and O–H groups in total. The minimum atomic E-state index is -4.61. The number of carbonyl (C=O) groups is 3. The van der Waals surface area contributed by atoms with E-state index < -0.39 is 40.9 Å². The molecule has 0 fully saturated rings. The highest BCUT2D eigenvalue weighted by molar-refractivity contribution is 7.07. The second-order valence-electron chi connectivity index (χ2n) is 7.63. The Hall–Kier alpha value is -3.14. The maximum absolute atomic E-state index is 13.3. The molecule has 1 aromatic heterocycles. The van der Waals surface area contributed by atoms with Crippen molar-refractivity contribution in [2.45, 2.75) is 32.6 Å². The van der Waals surface area contributed by atoms with Crippen molar-refractivity contribution in [2.75, 3.05) is 11.9 Å². The highest BCUT2D eigenvalue weighted by Crippen LogP contribution is 2.39. The van der Waals surface area contributed by atoms with Crippen LogP contribution in [0.4, 0.5) is 18.9 Å². The zero-order valence-corrected chi connectivity index (χ0v) is 18.4. The molecule has 2 atom stereocenters. The average Bonchev–Trinajstić information content (AvgIpc) is 3.27. The standard InChI is InChI=1S/C22H22F3N3O3S/c1-13-21(2,20(31)26-3)10-17(18(29)27-11-14-7-8-32-12-14)19(30)28(13)16-6-4-5-15(9-16)22(23,24)25/h4-10,12-13H,11H2,1-3H3,(H,26,31)(H,27,29). The van der Waals surface area contributed by atoms with Gasteiger partial charge in [0.2, 0.25) is 5.91 Å². The number of anilines is 1. The highest BCUT2D eigenvalue weighted by atomic mass is 32.1. The lowest BCUT2D eigenvalue weighted by atomic mass is 9.76. The first kappa shape index (κ1) is 23.5. The monoisotopic (exact) mass is 465 g/mol. The first-order valence-corrected chi connectivity index (χ1v) is 10.7. The van der Waals surface area contributed by atoms with Gasteiger partial charge in [0.05, 0.1) is 17.0 Å². The maximum atomic E-state index is 13.3. The van der Waals surface area contributed by atoms with Crippen LogP contribution in [0.15, 0.2) is 52.7 Å². The summed E-state index contributed by atoms with van der Waals surface area (Å²) >= 11 is 1.45. The Balaban J connectivity index is 2.04. The molecule has 2 unspecified atom stereocenters. The number of nitrogens with zero attached hydrogens (tertiary/aromatic N) is 1. The molecular formula is C22H22F3N3O3S. The Morgan fingerprint density at radius 1 is 1.25 bits per heavy atom. The van der Waals surface area contributed by atoms with Crippen molar-refractivity contribution in [2.24, 2.45) is 5.41 Å². The molecule has 0 spiro atoms. The zero-order chi connectivity index (χ0) is 23.7. The van der Waals surface area contributed by atoms with Crippen LogP contribution in [0.1, 0.15) is 25.0 Å². The summed E-state index contributed by atoms with van der Waals surface area (Å²) in [5, 5.41) is 8.83. The second-order valence-corrected chi connectivity index (χ2v) is 8.41. The van der Waals surface area contributed by atoms with Gasteiger partial charge < -0.3 is 15.5 Å². The predicted molar refractivity (Wildman–Crippen MR) is 115 cm³/mol. The van der Waals surface area contributed by atoms with E-state index in [1.54, 1.807) is 6.92 Å². The number of hydrogen-bond acceptors (Lipinski definition) is 4. The van der Waals surface area contributed by atoms with Crippen molar-refractivity contribution in [1.82, 2.24) is 10.6 Å². The quantitative estimate of drug-likeness (QED) is 0.664. The summed E-state index contributed by atoms with van der Waals surface area (Å²) in [6.07, 6.45) is -3.31. The summed E-state index contributed by atoms with van der Waals surface area (Å²) < 4.78 is 39.8. The Bertz CT molecular complexity index is 1070. The van der Waals surface area contributed by atoms with Gasteiger partial charge in [-0.2, -0.15) is 24.5 Å². The minimum absolute atomic E-state index is 0.0521. The Kier molecular flexibility index (Phi) is 6.45. The van der Waals surface area contributed by atoms with Crippen LogP contribution in [-0.4, -0.2) is 30.8 Å². The molecule has 0 aliphatic carbocycles. The van der Waals surface area contributed by atoms with Crippen LogP contribution in [0.3, 0.4) is 0 Å². The van der Waals surface area contributed by atoms with Crippen molar-refractivity contribution in [3.63, 3.8) is 0 Å². The number of rotatable bonds is 5. The average molecular weight is 465 g/mol. The third-order valence-corrected chi connectivity index (χ3v) is 6.33. The number of amides is 3. The Morgan fingerprint density at radius 3 is 2.56 bits per heavy atom. The molecule has 0 bridgehead atoms. The number of thiophene rings is 1. The normalized spacial score (nSPS) is 21.2. The molecule has 1 aromatic carbocycles. The molecule has 2 aromatic rings. The van der Waals surface area contributed by atoms with E-state index in [9.17, 15) is 27.6 Å². The van der Waals surface area contributed by atoms with Gasteiger partial charge >= 0.3 is 6.18 Å². The summed E-state index contributed by atoms with van der Waals surface area (Å²) in [7, 11) is 1.41. The highest BCUT2D eigenvalue weighted by Gasteiger charge is 2.48. The van der Waals surface area contributed by atoms with Crippen LogP contribution in [0.5, 0.6) is 0 Å². The summed E-state index contributed by atoms with van der Waals surface area (Å²) in [5.74, 6) is -1.96. The van der Waals surface area contributed by atoms with E-state index in [0.717, 1.165) is 22.6 Å². The molecule has 3 amide bonds. The molecule has 1 aliphatic rings. The summed E-state index contributed by atoms with van der Waals surface area (Å²) in [6.45, 7) is 3.27. The van der Waals surface area contributed by atoms with Crippen molar-refractivity contribution >= 4 is 34.7 Å². The number of halogens is 3. The van der Waals surface area contributed by atoms with E-state index in [1.807, 2.05) is 16.8 Å². The molecule has 10 heteroatoms. The van der Waals surface area contributed by atoms with Crippen molar-refractivity contribution in [1.29, 1.82) is 0 Å². The van der Waals surface area contributed by atoms with E-state index >= 15 is 0 Å². The van der Waals surface area contributed by atoms with Gasteiger partial charge in [-0.1, -0.05) is 6.07 Å². The summed E-state index contributed by atoms with van der Waals surface area (Å²) in [4.78, 5) is 40.0. The lowest BCUT2D eigenvalue weighted by Gasteiger charge is -2.43. The molecule has 32 heavy (non-hydrogen) atoms. The van der Waals surface area contributed by atoms with E-state index in [4.69, 9.17) is 0 Å². The fourth-order valence-corrected chi connectivity index (χ4v) is 4.26. The van der Waals surface area contributed by atoms with Crippen molar-refractivity contribution in [3.05, 3.63) is 63.9 Å². The van der Waals surface area contributed by atoms with Gasteiger partial charge in [-0.3, -0.25) is 14.4 Å². The van der Waals surface area contributed by atoms with Crippen LogP contribution in [-0.2, 0) is 27.1 Å². The Morgan fingerprint density at radius 2 is 1.97 bits per heavy atom. The molecule has 0 saturated heterocycles. The first-order chi connectivity index (χ1) is 15.0. The van der Waals surface area contributed by atoms with Gasteiger partial charge in [0.25, 0.3) is 11.8 Å². The lowest BCUT2D eigenvalue weighted by molar-refractivity contribution is -0.138. The van der Waals surface area contributed by atoms with Crippen LogP contribution in [0, 0.1) is 5.41 Å². The SMILES string of the molecule is CNC(=O)C1(C)C=C(C(=O)NCc2ccsc2)C(=O)N(c2cccc(C(F)(F)F)c2)C1C. The Labute approximate surface area is 187 Å².